The van der Waals surface area contributed by atoms with Crippen molar-refractivity contribution >= 4 is 6.03 Å². The van der Waals surface area contributed by atoms with Gasteiger partial charge >= 0.3 is 6.03 Å². The van der Waals surface area contributed by atoms with Crippen molar-refractivity contribution in [3.63, 3.8) is 0 Å². The average molecular weight is 299 g/mol. The molecule has 5 nitrogen and oxygen atoms in total. The number of para-hydroxylation sites is 1. The van der Waals surface area contributed by atoms with Gasteiger partial charge in [-0.15, -0.1) is 0 Å². The first-order valence-electron chi connectivity index (χ1n) is 7.52. The summed E-state index contributed by atoms with van der Waals surface area (Å²) < 4.78 is 7.52. The number of amides is 2. The van der Waals surface area contributed by atoms with Gasteiger partial charge in [-0.3, -0.25) is 0 Å². The van der Waals surface area contributed by atoms with Gasteiger partial charge in [-0.2, -0.15) is 0 Å². The molecular formula is C17H21N3O2. The van der Waals surface area contributed by atoms with Crippen LogP contribution in [0.25, 0.3) is 0 Å². The van der Waals surface area contributed by atoms with Crippen LogP contribution in [0.1, 0.15) is 24.2 Å². The number of carbonyl (C=O) groups excluding carboxylic acids is 1. The topological polar surface area (TPSA) is 46.5 Å². The predicted molar refractivity (Wildman–Crippen MR) is 84.8 cm³/mol. The third-order valence-corrected chi connectivity index (χ3v) is 4.23. The van der Waals surface area contributed by atoms with Gasteiger partial charge in [-0.25, -0.2) is 4.79 Å². The smallest absolute Gasteiger partial charge is 0.318 e. The van der Waals surface area contributed by atoms with Crippen molar-refractivity contribution in [1.82, 2.24) is 14.8 Å². The summed E-state index contributed by atoms with van der Waals surface area (Å²) in [4.78, 5) is 14.4. The Kier molecular flexibility index (Phi) is 4.04. The largest absolute Gasteiger partial charge is 0.496 e. The number of hydrogen-bond acceptors (Lipinski definition) is 2. The van der Waals surface area contributed by atoms with E-state index in [0.717, 1.165) is 24.4 Å². The van der Waals surface area contributed by atoms with Crippen LogP contribution in [0.2, 0.25) is 0 Å². The van der Waals surface area contributed by atoms with E-state index in [1.165, 1.54) is 5.69 Å². The molecule has 1 aliphatic heterocycles. The lowest BCUT2D eigenvalue weighted by molar-refractivity contribution is 0.162. The number of carbonyl (C=O) groups is 1. The molecule has 1 N–H and O–H groups in total. The molecule has 1 aromatic carbocycles. The summed E-state index contributed by atoms with van der Waals surface area (Å²) in [7, 11) is 1.64. The first-order chi connectivity index (χ1) is 10.7. The number of hydrogen-bond donors (Lipinski definition) is 1. The highest BCUT2D eigenvalue weighted by atomic mass is 16.5. The van der Waals surface area contributed by atoms with E-state index in [4.69, 9.17) is 4.74 Å². The lowest BCUT2D eigenvalue weighted by Gasteiger charge is -2.34. The average Bonchev–Trinajstić information content (AvgIpc) is 3.02. The second-order valence-electron chi connectivity index (χ2n) is 5.47. The number of nitrogens with zero attached hydrogens (tertiary/aromatic N) is 2. The molecular weight excluding hydrogens is 278 g/mol. The Morgan fingerprint density at radius 2 is 2.09 bits per heavy atom. The molecule has 1 aromatic heterocycles. The number of nitrogens with one attached hydrogen (secondary N) is 1. The van der Waals surface area contributed by atoms with Crippen LogP contribution in [0.5, 0.6) is 5.75 Å². The van der Waals surface area contributed by atoms with Crippen molar-refractivity contribution in [3.05, 3.63) is 53.9 Å². The van der Waals surface area contributed by atoms with Crippen molar-refractivity contribution in [2.75, 3.05) is 13.7 Å². The van der Waals surface area contributed by atoms with Crippen LogP contribution in [-0.2, 0) is 13.1 Å². The number of fused-ring (bicyclic) bond motifs is 1. The van der Waals surface area contributed by atoms with Gasteiger partial charge in [0.1, 0.15) is 5.75 Å². The lowest BCUT2D eigenvalue weighted by atomic mass is 10.1. The normalized spacial score (nSPS) is 17.0. The van der Waals surface area contributed by atoms with E-state index in [-0.39, 0.29) is 12.1 Å². The molecule has 0 fully saturated rings. The molecule has 1 aliphatic rings. The van der Waals surface area contributed by atoms with Crippen molar-refractivity contribution in [2.24, 2.45) is 0 Å². The summed E-state index contributed by atoms with van der Waals surface area (Å²) in [6, 6.07) is 11.9. The molecule has 1 atom stereocenters. The third-order valence-electron chi connectivity index (χ3n) is 4.23. The molecule has 1 unspecified atom stereocenters. The Labute approximate surface area is 130 Å². The molecule has 3 rings (SSSR count). The molecule has 2 heterocycles. The van der Waals surface area contributed by atoms with Gasteiger partial charge in [0.05, 0.1) is 13.2 Å². The van der Waals surface area contributed by atoms with Crippen LogP contribution in [0.4, 0.5) is 4.79 Å². The first kappa shape index (κ1) is 14.5. The molecule has 0 saturated heterocycles. The van der Waals surface area contributed by atoms with Gasteiger partial charge in [0, 0.05) is 37.1 Å². The van der Waals surface area contributed by atoms with Crippen LogP contribution in [-0.4, -0.2) is 29.2 Å². The fourth-order valence-corrected chi connectivity index (χ4v) is 2.98. The van der Waals surface area contributed by atoms with Gasteiger partial charge in [0.2, 0.25) is 0 Å². The van der Waals surface area contributed by atoms with Crippen molar-refractivity contribution in [3.8, 4) is 5.75 Å². The number of methoxy groups -OCH3 is 1. The number of benzene rings is 1. The second kappa shape index (κ2) is 6.13. The van der Waals surface area contributed by atoms with Crippen LogP contribution < -0.4 is 10.1 Å². The van der Waals surface area contributed by atoms with Gasteiger partial charge < -0.3 is 19.5 Å². The molecule has 0 bridgehead atoms. The second-order valence-corrected chi connectivity index (χ2v) is 5.47. The van der Waals surface area contributed by atoms with Crippen LogP contribution in [0, 0.1) is 0 Å². The van der Waals surface area contributed by atoms with Gasteiger partial charge in [0.15, 0.2) is 0 Å². The van der Waals surface area contributed by atoms with E-state index in [9.17, 15) is 4.79 Å². The highest BCUT2D eigenvalue weighted by molar-refractivity contribution is 5.75. The van der Waals surface area contributed by atoms with Crippen molar-refractivity contribution in [2.45, 2.75) is 26.1 Å². The van der Waals surface area contributed by atoms with Gasteiger partial charge in [0.25, 0.3) is 0 Å². The quantitative estimate of drug-likeness (QED) is 0.947. The summed E-state index contributed by atoms with van der Waals surface area (Å²) in [5.74, 6) is 0.795. The maximum atomic E-state index is 12.5. The fourth-order valence-electron chi connectivity index (χ4n) is 2.98. The highest BCUT2D eigenvalue weighted by Crippen LogP contribution is 2.25. The fraction of sp³-hybridized carbons (Fsp3) is 0.353. The van der Waals surface area contributed by atoms with Crippen LogP contribution >= 0.6 is 0 Å². The summed E-state index contributed by atoms with van der Waals surface area (Å²) >= 11 is 0. The molecule has 0 spiro atoms. The van der Waals surface area contributed by atoms with E-state index in [1.54, 1.807) is 7.11 Å². The highest BCUT2D eigenvalue weighted by Gasteiger charge is 2.27. The first-order valence-corrected chi connectivity index (χ1v) is 7.52. The zero-order valence-electron chi connectivity index (χ0n) is 13.0. The molecule has 0 radical (unpaired) electrons. The number of ether oxygens (including phenoxy) is 1. The Bertz CT molecular complexity index is 665. The van der Waals surface area contributed by atoms with E-state index >= 15 is 0 Å². The monoisotopic (exact) mass is 299 g/mol. The molecule has 0 aliphatic carbocycles. The molecule has 22 heavy (non-hydrogen) atoms. The van der Waals surface area contributed by atoms with Crippen LogP contribution in [0.15, 0.2) is 42.6 Å². The zero-order valence-corrected chi connectivity index (χ0v) is 13.0. The number of rotatable bonds is 3. The molecule has 116 valence electrons. The minimum Gasteiger partial charge on any atom is -0.496 e. The lowest BCUT2D eigenvalue weighted by Crippen LogP contribution is -2.45. The zero-order chi connectivity index (χ0) is 15.5. The summed E-state index contributed by atoms with van der Waals surface area (Å²) in [5, 5.41) is 2.99. The van der Waals surface area contributed by atoms with E-state index in [0.29, 0.717) is 6.54 Å². The van der Waals surface area contributed by atoms with Gasteiger partial charge in [-0.05, 0) is 25.1 Å². The van der Waals surface area contributed by atoms with Crippen LogP contribution in [0.3, 0.4) is 0 Å². The third kappa shape index (κ3) is 2.66. The van der Waals surface area contributed by atoms with E-state index in [2.05, 4.69) is 29.1 Å². The van der Waals surface area contributed by atoms with Crippen molar-refractivity contribution < 1.29 is 9.53 Å². The van der Waals surface area contributed by atoms with E-state index in [1.807, 2.05) is 35.2 Å². The molecule has 2 amide bonds. The molecule has 2 aromatic rings. The minimum atomic E-state index is -0.0362. The Balaban J connectivity index is 1.66. The maximum absolute atomic E-state index is 12.5. The number of aromatic nitrogens is 1. The Morgan fingerprint density at radius 3 is 2.91 bits per heavy atom. The molecule has 5 heteroatoms. The minimum absolute atomic E-state index is 0.0362. The van der Waals surface area contributed by atoms with Gasteiger partial charge in [-0.1, -0.05) is 18.2 Å². The standard InChI is InChI=1S/C17H21N3O2/c1-13-15-7-5-9-19(15)10-11-20(13)17(21)18-12-14-6-3-4-8-16(14)22-2/h3-9,13H,10-12H2,1-2H3,(H,18,21). The number of urea groups is 1. The maximum Gasteiger partial charge on any atom is 0.318 e. The summed E-state index contributed by atoms with van der Waals surface area (Å²) in [6.45, 7) is 4.09. The predicted octanol–water partition coefficient (Wildman–Crippen LogP) is 2.78. The summed E-state index contributed by atoms with van der Waals surface area (Å²) in [5.41, 5.74) is 2.16. The summed E-state index contributed by atoms with van der Waals surface area (Å²) in [6.07, 6.45) is 2.07. The Morgan fingerprint density at radius 1 is 1.27 bits per heavy atom. The molecule has 0 saturated carbocycles. The van der Waals surface area contributed by atoms with Crippen molar-refractivity contribution in [1.29, 1.82) is 0 Å². The SMILES string of the molecule is COc1ccccc1CNC(=O)N1CCn2cccc2C1C. The Hall–Kier alpha value is -2.43. The van der Waals surface area contributed by atoms with E-state index < -0.39 is 0 Å².